The van der Waals surface area contributed by atoms with E-state index in [1.165, 1.54) is 6.26 Å². The van der Waals surface area contributed by atoms with Gasteiger partial charge in [0.15, 0.2) is 0 Å². The molecule has 0 saturated carbocycles. The molecule has 0 atom stereocenters. The van der Waals surface area contributed by atoms with Gasteiger partial charge in [0.1, 0.15) is 11.6 Å². The van der Waals surface area contributed by atoms with E-state index in [0.717, 1.165) is 11.3 Å². The zero-order chi connectivity index (χ0) is 15.5. The number of hydrogen-bond donors (Lipinski definition) is 1. The molecule has 1 N–H and O–H groups in total. The Labute approximate surface area is 128 Å². The van der Waals surface area contributed by atoms with E-state index < -0.39 is 0 Å². The van der Waals surface area contributed by atoms with Crippen molar-refractivity contribution >= 4 is 11.7 Å². The fourth-order valence-corrected chi connectivity index (χ4v) is 2.33. The molecule has 0 saturated heterocycles. The van der Waals surface area contributed by atoms with Crippen molar-refractivity contribution < 1.29 is 9.21 Å². The van der Waals surface area contributed by atoms with Crippen LogP contribution in [0.15, 0.2) is 53.1 Å². The number of furan rings is 1. The van der Waals surface area contributed by atoms with Crippen LogP contribution in [-0.4, -0.2) is 15.7 Å². The number of amides is 1. The summed E-state index contributed by atoms with van der Waals surface area (Å²) in [6, 6.07) is 13.5. The van der Waals surface area contributed by atoms with Gasteiger partial charge in [-0.3, -0.25) is 4.79 Å². The van der Waals surface area contributed by atoms with Crippen molar-refractivity contribution in [3.8, 4) is 0 Å². The summed E-state index contributed by atoms with van der Waals surface area (Å²) in [5.41, 5.74) is 2.51. The number of carbonyl (C=O) groups excluding carboxylic acids is 1. The molecule has 1 amide bonds. The molecule has 0 fully saturated rings. The van der Waals surface area contributed by atoms with Crippen molar-refractivity contribution in [3.63, 3.8) is 0 Å². The van der Waals surface area contributed by atoms with Crippen LogP contribution in [0.5, 0.6) is 0 Å². The highest BCUT2D eigenvalue weighted by atomic mass is 16.3. The van der Waals surface area contributed by atoms with E-state index in [-0.39, 0.29) is 5.91 Å². The molecule has 5 nitrogen and oxygen atoms in total. The van der Waals surface area contributed by atoms with Crippen LogP contribution in [0.4, 0.5) is 5.82 Å². The van der Waals surface area contributed by atoms with Crippen LogP contribution >= 0.6 is 0 Å². The molecule has 22 heavy (non-hydrogen) atoms. The summed E-state index contributed by atoms with van der Waals surface area (Å²) in [4.78, 5) is 12.3. The molecule has 5 heteroatoms. The zero-order valence-corrected chi connectivity index (χ0v) is 12.5. The fraction of sp³-hybridized carbons (Fsp3) is 0.176. The van der Waals surface area contributed by atoms with E-state index in [0.29, 0.717) is 23.7 Å². The highest BCUT2D eigenvalue weighted by molar-refractivity contribution is 6.04. The summed E-state index contributed by atoms with van der Waals surface area (Å²) >= 11 is 0. The molecule has 0 radical (unpaired) electrons. The van der Waals surface area contributed by atoms with E-state index in [4.69, 9.17) is 4.42 Å². The lowest BCUT2D eigenvalue weighted by Gasteiger charge is -2.08. The van der Waals surface area contributed by atoms with E-state index >= 15 is 0 Å². The number of aromatic nitrogens is 2. The molecule has 2 heterocycles. The second-order valence-corrected chi connectivity index (χ2v) is 5.16. The number of carbonyl (C=O) groups is 1. The third-order valence-corrected chi connectivity index (χ3v) is 3.42. The second kappa shape index (κ2) is 5.89. The molecular weight excluding hydrogens is 278 g/mol. The van der Waals surface area contributed by atoms with Gasteiger partial charge in [0.05, 0.1) is 24.1 Å². The smallest absolute Gasteiger partial charge is 0.260 e. The van der Waals surface area contributed by atoms with Crippen molar-refractivity contribution in [2.24, 2.45) is 0 Å². The van der Waals surface area contributed by atoms with Crippen LogP contribution < -0.4 is 5.32 Å². The number of nitrogens with one attached hydrogen (secondary N) is 1. The van der Waals surface area contributed by atoms with E-state index in [9.17, 15) is 4.79 Å². The maximum Gasteiger partial charge on any atom is 0.260 e. The molecule has 0 bridgehead atoms. The van der Waals surface area contributed by atoms with Crippen LogP contribution in [0.2, 0.25) is 0 Å². The van der Waals surface area contributed by atoms with Crippen LogP contribution in [0.3, 0.4) is 0 Å². The predicted molar refractivity (Wildman–Crippen MR) is 83.9 cm³/mol. The summed E-state index contributed by atoms with van der Waals surface area (Å²) in [6.07, 6.45) is 1.51. The Morgan fingerprint density at radius 2 is 2.00 bits per heavy atom. The summed E-state index contributed by atoms with van der Waals surface area (Å²) in [6.45, 7) is 4.27. The van der Waals surface area contributed by atoms with E-state index in [1.807, 2.05) is 43.3 Å². The maximum absolute atomic E-state index is 12.3. The molecule has 3 rings (SSSR count). The molecule has 3 aromatic rings. The molecule has 0 aliphatic heterocycles. The summed E-state index contributed by atoms with van der Waals surface area (Å²) in [5, 5.41) is 7.34. The van der Waals surface area contributed by atoms with Crippen LogP contribution in [-0.2, 0) is 6.54 Å². The van der Waals surface area contributed by atoms with Gasteiger partial charge in [0.25, 0.3) is 5.91 Å². The molecule has 0 aliphatic rings. The molecule has 0 spiro atoms. The number of anilines is 1. The molecule has 2 aromatic heterocycles. The first kappa shape index (κ1) is 14.1. The van der Waals surface area contributed by atoms with Gasteiger partial charge in [-0.15, -0.1) is 0 Å². The zero-order valence-electron chi connectivity index (χ0n) is 12.5. The Kier molecular flexibility index (Phi) is 3.78. The summed E-state index contributed by atoms with van der Waals surface area (Å²) in [7, 11) is 0. The van der Waals surface area contributed by atoms with Gasteiger partial charge in [-0.1, -0.05) is 30.3 Å². The van der Waals surface area contributed by atoms with Gasteiger partial charge in [0, 0.05) is 6.07 Å². The lowest BCUT2D eigenvalue weighted by atomic mass is 10.2. The number of rotatable bonds is 4. The molecule has 0 aliphatic carbocycles. The third kappa shape index (κ3) is 2.93. The lowest BCUT2D eigenvalue weighted by Crippen LogP contribution is -2.16. The highest BCUT2D eigenvalue weighted by Crippen LogP contribution is 2.16. The molecule has 112 valence electrons. The average Bonchev–Trinajstić information content (AvgIpc) is 3.06. The van der Waals surface area contributed by atoms with Gasteiger partial charge in [0.2, 0.25) is 0 Å². The monoisotopic (exact) mass is 295 g/mol. The predicted octanol–water partition coefficient (Wildman–Crippen LogP) is 3.39. The Morgan fingerprint density at radius 3 is 2.68 bits per heavy atom. The standard InChI is InChI=1S/C17H17N3O2/c1-12-10-16(18-17(21)15-8-9-22-13(15)2)20(19-12)11-14-6-4-3-5-7-14/h3-10H,11H2,1-2H3,(H,18,21). The minimum absolute atomic E-state index is 0.194. The van der Waals surface area contributed by atoms with Crippen molar-refractivity contribution in [1.29, 1.82) is 0 Å². The fourth-order valence-electron chi connectivity index (χ4n) is 2.33. The van der Waals surface area contributed by atoms with Gasteiger partial charge < -0.3 is 9.73 Å². The third-order valence-electron chi connectivity index (χ3n) is 3.42. The quantitative estimate of drug-likeness (QED) is 0.802. The van der Waals surface area contributed by atoms with Crippen molar-refractivity contribution in [1.82, 2.24) is 9.78 Å². The van der Waals surface area contributed by atoms with Crippen molar-refractivity contribution in [2.45, 2.75) is 20.4 Å². The topological polar surface area (TPSA) is 60.1 Å². The van der Waals surface area contributed by atoms with Crippen molar-refractivity contribution in [2.75, 3.05) is 5.32 Å². The van der Waals surface area contributed by atoms with Crippen LogP contribution in [0, 0.1) is 13.8 Å². The Morgan fingerprint density at radius 1 is 1.23 bits per heavy atom. The average molecular weight is 295 g/mol. The Balaban J connectivity index is 1.82. The van der Waals surface area contributed by atoms with Gasteiger partial charge in [-0.05, 0) is 25.5 Å². The first-order chi connectivity index (χ1) is 10.6. The summed E-state index contributed by atoms with van der Waals surface area (Å²) in [5.74, 6) is 1.08. The van der Waals surface area contributed by atoms with Gasteiger partial charge in [-0.2, -0.15) is 5.10 Å². The molecule has 0 unspecified atom stereocenters. The number of hydrogen-bond acceptors (Lipinski definition) is 3. The Hall–Kier alpha value is -2.82. The first-order valence-electron chi connectivity index (χ1n) is 7.07. The minimum Gasteiger partial charge on any atom is -0.469 e. The first-order valence-corrected chi connectivity index (χ1v) is 7.07. The lowest BCUT2D eigenvalue weighted by molar-refractivity contribution is 0.102. The van der Waals surface area contributed by atoms with Crippen molar-refractivity contribution in [3.05, 3.63) is 71.3 Å². The minimum atomic E-state index is -0.194. The van der Waals surface area contributed by atoms with Gasteiger partial charge >= 0.3 is 0 Å². The highest BCUT2D eigenvalue weighted by Gasteiger charge is 2.14. The largest absolute Gasteiger partial charge is 0.469 e. The molecular formula is C17H17N3O2. The van der Waals surface area contributed by atoms with E-state index in [2.05, 4.69) is 10.4 Å². The number of aryl methyl sites for hydroxylation is 2. The Bertz CT molecular complexity index is 787. The number of nitrogens with zero attached hydrogens (tertiary/aromatic N) is 2. The SMILES string of the molecule is Cc1cc(NC(=O)c2ccoc2C)n(Cc2ccccc2)n1. The van der Waals surface area contributed by atoms with E-state index in [1.54, 1.807) is 17.7 Å². The summed E-state index contributed by atoms with van der Waals surface area (Å²) < 4.78 is 6.96. The van der Waals surface area contributed by atoms with Crippen LogP contribution in [0.1, 0.15) is 27.4 Å². The maximum atomic E-state index is 12.3. The van der Waals surface area contributed by atoms with Gasteiger partial charge in [-0.25, -0.2) is 4.68 Å². The second-order valence-electron chi connectivity index (χ2n) is 5.16. The normalized spacial score (nSPS) is 10.6. The molecule has 1 aromatic carbocycles. The number of benzene rings is 1. The van der Waals surface area contributed by atoms with Crippen LogP contribution in [0.25, 0.3) is 0 Å².